The number of amides is 1. The first-order valence-electron chi connectivity index (χ1n) is 5.48. The fraction of sp³-hybridized carbons (Fsp3) is 0.333. The Morgan fingerprint density at radius 1 is 1.37 bits per heavy atom. The lowest BCUT2D eigenvalue weighted by molar-refractivity contribution is -0.144. The molecule has 7 heteroatoms. The standard InChI is InChI=1S/C12H14ClNO4S/c1-7(15)11(12(17)18)14-10(16)6-19-9-4-2-8(13)3-5-9/h2-5,7,11,15H,6H2,1H3,(H,14,16)(H,17,18). The van der Waals surface area contributed by atoms with Gasteiger partial charge >= 0.3 is 5.97 Å². The van der Waals surface area contributed by atoms with Gasteiger partial charge in [-0.25, -0.2) is 4.79 Å². The summed E-state index contributed by atoms with van der Waals surface area (Å²) in [6.07, 6.45) is -1.15. The van der Waals surface area contributed by atoms with Gasteiger partial charge in [0.1, 0.15) is 0 Å². The summed E-state index contributed by atoms with van der Waals surface area (Å²) in [7, 11) is 0. The zero-order valence-corrected chi connectivity index (χ0v) is 11.7. The molecule has 2 unspecified atom stereocenters. The summed E-state index contributed by atoms with van der Waals surface area (Å²) < 4.78 is 0. The van der Waals surface area contributed by atoms with Gasteiger partial charge in [-0.05, 0) is 31.2 Å². The van der Waals surface area contributed by atoms with Crippen LogP contribution in [0.3, 0.4) is 0 Å². The maximum Gasteiger partial charge on any atom is 0.328 e. The Morgan fingerprint density at radius 2 is 1.95 bits per heavy atom. The molecule has 0 saturated carbocycles. The Labute approximate surface area is 120 Å². The lowest BCUT2D eigenvalue weighted by Crippen LogP contribution is -2.48. The van der Waals surface area contributed by atoms with Crippen molar-refractivity contribution in [2.45, 2.75) is 24.0 Å². The van der Waals surface area contributed by atoms with E-state index in [0.717, 1.165) is 4.90 Å². The van der Waals surface area contributed by atoms with Gasteiger partial charge in [0.05, 0.1) is 11.9 Å². The first-order valence-corrected chi connectivity index (χ1v) is 6.85. The lowest BCUT2D eigenvalue weighted by atomic mass is 10.2. The number of aliphatic hydroxyl groups is 1. The molecule has 0 saturated heterocycles. The van der Waals surface area contributed by atoms with E-state index in [1.54, 1.807) is 24.3 Å². The molecule has 0 aliphatic heterocycles. The van der Waals surface area contributed by atoms with Crippen LogP contribution in [-0.2, 0) is 9.59 Å². The molecule has 0 aliphatic carbocycles. The van der Waals surface area contributed by atoms with Gasteiger partial charge in [0.2, 0.25) is 5.91 Å². The number of carbonyl (C=O) groups excluding carboxylic acids is 1. The van der Waals surface area contributed by atoms with Gasteiger partial charge in [-0.15, -0.1) is 11.8 Å². The van der Waals surface area contributed by atoms with Crippen LogP contribution in [0.15, 0.2) is 29.2 Å². The van der Waals surface area contributed by atoms with E-state index in [0.29, 0.717) is 5.02 Å². The molecule has 0 heterocycles. The van der Waals surface area contributed by atoms with E-state index in [1.165, 1.54) is 18.7 Å². The minimum absolute atomic E-state index is 0.0676. The van der Waals surface area contributed by atoms with E-state index < -0.39 is 24.0 Å². The molecule has 1 aromatic carbocycles. The number of nitrogens with one attached hydrogen (secondary N) is 1. The molecule has 1 aromatic rings. The van der Waals surface area contributed by atoms with Crippen LogP contribution < -0.4 is 5.32 Å². The van der Waals surface area contributed by atoms with Crippen LogP contribution >= 0.6 is 23.4 Å². The van der Waals surface area contributed by atoms with Crippen molar-refractivity contribution in [3.63, 3.8) is 0 Å². The van der Waals surface area contributed by atoms with Crippen LogP contribution in [0.1, 0.15) is 6.92 Å². The number of hydrogen-bond acceptors (Lipinski definition) is 4. The highest BCUT2D eigenvalue weighted by Gasteiger charge is 2.24. The number of halogens is 1. The second kappa shape index (κ2) is 7.37. The summed E-state index contributed by atoms with van der Waals surface area (Å²) in [5.74, 6) is -1.65. The normalized spacial score (nSPS) is 13.6. The third-order valence-corrected chi connectivity index (χ3v) is 3.51. The van der Waals surface area contributed by atoms with Crippen LogP contribution in [0.2, 0.25) is 5.02 Å². The first-order chi connectivity index (χ1) is 8.90. The second-order valence-corrected chi connectivity index (χ2v) is 5.35. The molecular formula is C12H14ClNO4S. The Morgan fingerprint density at radius 3 is 2.42 bits per heavy atom. The average Bonchev–Trinajstić information content (AvgIpc) is 2.34. The van der Waals surface area contributed by atoms with Crippen molar-refractivity contribution in [3.8, 4) is 0 Å². The van der Waals surface area contributed by atoms with Gasteiger partial charge in [0, 0.05) is 9.92 Å². The molecule has 2 atom stereocenters. The second-order valence-electron chi connectivity index (χ2n) is 3.87. The average molecular weight is 304 g/mol. The minimum atomic E-state index is -1.29. The molecule has 104 valence electrons. The van der Waals surface area contributed by atoms with E-state index in [1.807, 2.05) is 0 Å². The zero-order chi connectivity index (χ0) is 14.4. The van der Waals surface area contributed by atoms with Crippen molar-refractivity contribution in [1.82, 2.24) is 5.32 Å². The van der Waals surface area contributed by atoms with Crippen LogP contribution in [0.5, 0.6) is 0 Å². The summed E-state index contributed by atoms with van der Waals surface area (Å²) >= 11 is 6.99. The quantitative estimate of drug-likeness (QED) is 0.691. The van der Waals surface area contributed by atoms with Gasteiger partial charge in [-0.3, -0.25) is 4.79 Å². The number of thioether (sulfide) groups is 1. The molecule has 0 aromatic heterocycles. The largest absolute Gasteiger partial charge is 0.480 e. The summed E-state index contributed by atoms with van der Waals surface area (Å²) in [6, 6.07) is 5.65. The van der Waals surface area contributed by atoms with Crippen LogP contribution in [-0.4, -0.2) is 40.0 Å². The van der Waals surface area contributed by atoms with E-state index in [-0.39, 0.29) is 5.75 Å². The summed E-state index contributed by atoms with van der Waals surface area (Å²) in [5.41, 5.74) is 0. The number of aliphatic hydroxyl groups excluding tert-OH is 1. The maximum atomic E-state index is 11.6. The molecule has 0 fully saturated rings. The summed E-state index contributed by atoms with van der Waals surface area (Å²) in [6.45, 7) is 1.31. The minimum Gasteiger partial charge on any atom is -0.480 e. The molecule has 19 heavy (non-hydrogen) atoms. The van der Waals surface area contributed by atoms with E-state index >= 15 is 0 Å². The molecule has 0 aliphatic rings. The van der Waals surface area contributed by atoms with Crippen molar-refractivity contribution in [3.05, 3.63) is 29.3 Å². The predicted octanol–water partition coefficient (Wildman–Crippen LogP) is 1.38. The smallest absolute Gasteiger partial charge is 0.328 e. The summed E-state index contributed by atoms with van der Waals surface area (Å²) in [5, 5.41) is 20.9. The molecule has 0 radical (unpaired) electrons. The van der Waals surface area contributed by atoms with Gasteiger partial charge in [-0.2, -0.15) is 0 Å². The van der Waals surface area contributed by atoms with E-state index in [9.17, 15) is 14.7 Å². The SMILES string of the molecule is CC(O)C(NC(=O)CSc1ccc(Cl)cc1)C(=O)O. The molecule has 0 spiro atoms. The Balaban J connectivity index is 2.47. The van der Waals surface area contributed by atoms with Crippen LogP contribution in [0.4, 0.5) is 0 Å². The van der Waals surface area contributed by atoms with Crippen molar-refractivity contribution >= 4 is 35.2 Å². The fourth-order valence-electron chi connectivity index (χ4n) is 1.28. The van der Waals surface area contributed by atoms with Gasteiger partial charge in [0.15, 0.2) is 6.04 Å². The first kappa shape index (κ1) is 15.8. The van der Waals surface area contributed by atoms with Crippen LogP contribution in [0, 0.1) is 0 Å². The number of carbonyl (C=O) groups is 2. The number of hydrogen-bond donors (Lipinski definition) is 3. The predicted molar refractivity (Wildman–Crippen MR) is 73.4 cm³/mol. The van der Waals surface area contributed by atoms with Crippen molar-refractivity contribution < 1.29 is 19.8 Å². The van der Waals surface area contributed by atoms with E-state index in [2.05, 4.69) is 5.32 Å². The number of aliphatic carboxylic acids is 1. The molecule has 1 amide bonds. The Hall–Kier alpha value is -1.24. The molecule has 1 rings (SSSR count). The van der Waals surface area contributed by atoms with Crippen LogP contribution in [0.25, 0.3) is 0 Å². The monoisotopic (exact) mass is 303 g/mol. The third-order valence-electron chi connectivity index (χ3n) is 2.25. The highest BCUT2D eigenvalue weighted by Crippen LogP contribution is 2.19. The molecule has 3 N–H and O–H groups in total. The van der Waals surface area contributed by atoms with Gasteiger partial charge < -0.3 is 15.5 Å². The number of benzene rings is 1. The third kappa shape index (κ3) is 5.50. The lowest BCUT2D eigenvalue weighted by Gasteiger charge is -2.16. The number of carboxylic acid groups (broad SMARTS) is 1. The molecular weight excluding hydrogens is 290 g/mol. The Kier molecular flexibility index (Phi) is 6.14. The van der Waals surface area contributed by atoms with E-state index in [4.69, 9.17) is 16.7 Å². The molecule has 0 bridgehead atoms. The Bertz CT molecular complexity index is 450. The summed E-state index contributed by atoms with van der Waals surface area (Å²) in [4.78, 5) is 23.2. The van der Waals surface area contributed by atoms with Crippen molar-refractivity contribution in [2.75, 3.05) is 5.75 Å². The van der Waals surface area contributed by atoms with Gasteiger partial charge in [0.25, 0.3) is 0 Å². The maximum absolute atomic E-state index is 11.6. The zero-order valence-electron chi connectivity index (χ0n) is 10.2. The fourth-order valence-corrected chi connectivity index (χ4v) is 2.12. The van der Waals surface area contributed by atoms with Gasteiger partial charge in [-0.1, -0.05) is 11.6 Å². The topological polar surface area (TPSA) is 86.6 Å². The van der Waals surface area contributed by atoms with Crippen molar-refractivity contribution in [1.29, 1.82) is 0 Å². The number of rotatable bonds is 6. The highest BCUT2D eigenvalue weighted by molar-refractivity contribution is 8.00. The van der Waals surface area contributed by atoms with Crippen molar-refractivity contribution in [2.24, 2.45) is 0 Å². The highest BCUT2D eigenvalue weighted by atomic mass is 35.5. The molecule has 5 nitrogen and oxygen atoms in total. The number of carboxylic acids is 1.